The number of rotatable bonds is 4. The lowest BCUT2D eigenvalue weighted by Gasteiger charge is -2.56. The molecule has 3 rings (SSSR count). The van der Waals surface area contributed by atoms with Crippen LogP contribution in [0, 0.1) is 28.6 Å². The summed E-state index contributed by atoms with van der Waals surface area (Å²) in [6, 6.07) is 0. The number of aliphatic hydroxyl groups is 1. The van der Waals surface area contributed by atoms with E-state index in [4.69, 9.17) is 5.11 Å². The number of aliphatic hydroxyl groups excluding tert-OH is 1. The smallest absolute Gasteiger partial charge is 0.303 e. The molecule has 0 amide bonds. The Kier molecular flexibility index (Phi) is 4.33. The Labute approximate surface area is 138 Å². The van der Waals surface area contributed by atoms with Gasteiger partial charge in [-0.2, -0.15) is 0 Å². The third-order valence-electron chi connectivity index (χ3n) is 7.43. The van der Waals surface area contributed by atoms with E-state index >= 15 is 0 Å². The van der Waals surface area contributed by atoms with Crippen LogP contribution in [-0.2, 0) is 9.59 Å². The van der Waals surface area contributed by atoms with E-state index in [0.29, 0.717) is 36.4 Å². The average molecular weight is 322 g/mol. The summed E-state index contributed by atoms with van der Waals surface area (Å²) < 4.78 is 0. The van der Waals surface area contributed by atoms with Crippen molar-refractivity contribution in [1.82, 2.24) is 0 Å². The number of carbonyl (C=O) groups is 2. The maximum atomic E-state index is 12.4. The van der Waals surface area contributed by atoms with E-state index in [9.17, 15) is 14.7 Å². The van der Waals surface area contributed by atoms with Crippen LogP contribution < -0.4 is 0 Å². The van der Waals surface area contributed by atoms with Crippen molar-refractivity contribution in [2.75, 3.05) is 0 Å². The second-order valence-corrected chi connectivity index (χ2v) is 8.79. The molecule has 0 aliphatic heterocycles. The fraction of sp³-hybridized carbons (Fsp3) is 0.895. The Bertz CT molecular complexity index is 502. The van der Waals surface area contributed by atoms with Crippen molar-refractivity contribution in [3.63, 3.8) is 0 Å². The van der Waals surface area contributed by atoms with Crippen LogP contribution in [0.1, 0.15) is 71.6 Å². The van der Waals surface area contributed by atoms with E-state index in [0.717, 1.165) is 38.5 Å². The predicted octanol–water partition coefficient (Wildman–Crippen LogP) is 3.41. The number of carboxylic acid groups (broad SMARTS) is 1. The van der Waals surface area contributed by atoms with Crippen molar-refractivity contribution in [3.8, 4) is 0 Å². The minimum absolute atomic E-state index is 0.0186. The molecule has 0 aromatic rings. The Morgan fingerprint density at radius 2 is 2.00 bits per heavy atom. The van der Waals surface area contributed by atoms with Gasteiger partial charge in [0.1, 0.15) is 5.78 Å². The molecule has 3 saturated carbocycles. The van der Waals surface area contributed by atoms with Gasteiger partial charge in [-0.25, -0.2) is 0 Å². The van der Waals surface area contributed by atoms with Crippen LogP contribution in [0.4, 0.5) is 0 Å². The first kappa shape index (κ1) is 16.9. The average Bonchev–Trinajstić information content (AvgIpc) is 2.74. The summed E-state index contributed by atoms with van der Waals surface area (Å²) in [4.78, 5) is 23.2. The Morgan fingerprint density at radius 1 is 1.26 bits per heavy atom. The molecule has 4 heteroatoms. The summed E-state index contributed by atoms with van der Waals surface area (Å²) in [7, 11) is 0. The van der Waals surface area contributed by atoms with Gasteiger partial charge in [-0.1, -0.05) is 13.8 Å². The van der Waals surface area contributed by atoms with E-state index in [1.165, 1.54) is 0 Å². The maximum absolute atomic E-state index is 12.4. The molecular weight excluding hydrogens is 292 g/mol. The van der Waals surface area contributed by atoms with Gasteiger partial charge in [0.05, 0.1) is 6.10 Å². The highest BCUT2D eigenvalue weighted by Gasteiger charge is 2.58. The van der Waals surface area contributed by atoms with Gasteiger partial charge in [0.25, 0.3) is 0 Å². The molecule has 3 aliphatic carbocycles. The molecule has 0 heterocycles. The van der Waals surface area contributed by atoms with Crippen LogP contribution in [-0.4, -0.2) is 28.1 Å². The quantitative estimate of drug-likeness (QED) is 0.831. The molecule has 0 bridgehead atoms. The van der Waals surface area contributed by atoms with Gasteiger partial charge >= 0.3 is 5.97 Å². The molecule has 0 saturated heterocycles. The number of Topliss-reactive ketones (excluding diaryl/α,β-unsaturated/α-hetero) is 1. The van der Waals surface area contributed by atoms with Gasteiger partial charge in [-0.15, -0.1) is 0 Å². The zero-order chi connectivity index (χ0) is 16.8. The topological polar surface area (TPSA) is 74.6 Å². The summed E-state index contributed by atoms with van der Waals surface area (Å²) >= 11 is 0. The van der Waals surface area contributed by atoms with E-state index < -0.39 is 5.97 Å². The minimum atomic E-state index is -0.737. The highest BCUT2D eigenvalue weighted by Crippen LogP contribution is 2.62. The number of carboxylic acids is 1. The largest absolute Gasteiger partial charge is 0.481 e. The van der Waals surface area contributed by atoms with Crippen molar-refractivity contribution >= 4 is 11.8 Å². The molecule has 6 atom stereocenters. The Morgan fingerprint density at radius 3 is 2.70 bits per heavy atom. The van der Waals surface area contributed by atoms with Crippen molar-refractivity contribution in [2.45, 2.75) is 77.7 Å². The second-order valence-electron chi connectivity index (χ2n) is 8.79. The molecule has 2 N–H and O–H groups in total. The fourth-order valence-corrected chi connectivity index (χ4v) is 6.27. The molecule has 0 aromatic carbocycles. The second kappa shape index (κ2) is 5.87. The van der Waals surface area contributed by atoms with Gasteiger partial charge in [0.15, 0.2) is 0 Å². The van der Waals surface area contributed by atoms with E-state index in [-0.39, 0.29) is 23.4 Å². The number of ketones is 1. The normalized spacial score (nSPS) is 46.3. The van der Waals surface area contributed by atoms with E-state index in [1.807, 2.05) is 0 Å². The highest BCUT2D eigenvalue weighted by atomic mass is 16.4. The first-order valence-corrected chi connectivity index (χ1v) is 9.19. The summed E-state index contributed by atoms with van der Waals surface area (Å²) in [6.45, 7) is 4.39. The lowest BCUT2D eigenvalue weighted by atomic mass is 9.49. The lowest BCUT2D eigenvalue weighted by Crippen LogP contribution is -2.51. The zero-order valence-electron chi connectivity index (χ0n) is 14.4. The fourth-order valence-electron chi connectivity index (χ4n) is 6.27. The Balaban J connectivity index is 1.79. The standard InChI is InChI=1S/C19H30O4/c1-18(8-3-4-17(22)23)11-12(20)10-13-14(18)7-9-19(2)15(13)5-6-16(19)21/h12-15,20H,3-11H2,1-2H3,(H,22,23)/t12-,13-,14+,15+,18+,19+/m1/s1. The first-order valence-electron chi connectivity index (χ1n) is 9.19. The number of carbonyl (C=O) groups excluding carboxylic acids is 1. The van der Waals surface area contributed by atoms with Crippen LogP contribution in [0.25, 0.3) is 0 Å². The summed E-state index contributed by atoms with van der Waals surface area (Å²) in [6.07, 6.45) is 6.79. The summed E-state index contributed by atoms with van der Waals surface area (Å²) in [5.41, 5.74) is -0.148. The molecule has 0 radical (unpaired) electrons. The Hall–Kier alpha value is -0.900. The SMILES string of the molecule is C[C@]1(CCCC(=O)O)C[C@H](O)C[C@@H]2[C@@H]1CC[C@]1(C)C(=O)CC[C@@H]21. The van der Waals surface area contributed by atoms with Gasteiger partial charge in [-0.3, -0.25) is 9.59 Å². The number of hydrogen-bond donors (Lipinski definition) is 2. The van der Waals surface area contributed by atoms with Gasteiger partial charge in [-0.05, 0) is 68.1 Å². The van der Waals surface area contributed by atoms with Gasteiger partial charge in [0, 0.05) is 18.3 Å². The lowest BCUT2D eigenvalue weighted by molar-refractivity contribution is -0.140. The molecule has 3 aliphatic rings. The molecule has 0 unspecified atom stereocenters. The molecule has 3 fully saturated rings. The van der Waals surface area contributed by atoms with Crippen molar-refractivity contribution in [1.29, 1.82) is 0 Å². The summed E-state index contributed by atoms with van der Waals surface area (Å²) in [5, 5.41) is 19.4. The third kappa shape index (κ3) is 2.84. The summed E-state index contributed by atoms with van der Waals surface area (Å²) in [5.74, 6) is 1.07. The molecule has 0 aromatic heterocycles. The van der Waals surface area contributed by atoms with E-state index in [2.05, 4.69) is 13.8 Å². The zero-order valence-corrected chi connectivity index (χ0v) is 14.4. The molecule has 0 spiro atoms. The maximum Gasteiger partial charge on any atom is 0.303 e. The number of hydrogen-bond acceptors (Lipinski definition) is 3. The van der Waals surface area contributed by atoms with Crippen LogP contribution >= 0.6 is 0 Å². The predicted molar refractivity (Wildman–Crippen MR) is 86.9 cm³/mol. The van der Waals surface area contributed by atoms with Crippen LogP contribution in [0.5, 0.6) is 0 Å². The monoisotopic (exact) mass is 322 g/mol. The molecule has 4 nitrogen and oxygen atoms in total. The number of fused-ring (bicyclic) bond motifs is 3. The van der Waals surface area contributed by atoms with Gasteiger partial charge in [0.2, 0.25) is 0 Å². The highest BCUT2D eigenvalue weighted by molar-refractivity contribution is 5.87. The van der Waals surface area contributed by atoms with Crippen LogP contribution in [0.15, 0.2) is 0 Å². The molecular formula is C19H30O4. The van der Waals surface area contributed by atoms with Gasteiger partial charge < -0.3 is 10.2 Å². The van der Waals surface area contributed by atoms with Crippen molar-refractivity contribution in [3.05, 3.63) is 0 Å². The van der Waals surface area contributed by atoms with Crippen LogP contribution in [0.2, 0.25) is 0 Å². The molecule has 130 valence electrons. The first-order chi connectivity index (χ1) is 10.8. The molecule has 23 heavy (non-hydrogen) atoms. The number of aliphatic carboxylic acids is 1. The minimum Gasteiger partial charge on any atom is -0.481 e. The van der Waals surface area contributed by atoms with Crippen LogP contribution in [0.3, 0.4) is 0 Å². The van der Waals surface area contributed by atoms with Crippen molar-refractivity contribution < 1.29 is 19.8 Å². The third-order valence-corrected chi connectivity index (χ3v) is 7.43. The van der Waals surface area contributed by atoms with Crippen molar-refractivity contribution in [2.24, 2.45) is 28.6 Å². The van der Waals surface area contributed by atoms with E-state index in [1.54, 1.807) is 0 Å².